The summed E-state index contributed by atoms with van der Waals surface area (Å²) in [6, 6.07) is 10.1. The summed E-state index contributed by atoms with van der Waals surface area (Å²) in [6.45, 7) is 0. The molecule has 0 spiro atoms. The van der Waals surface area contributed by atoms with Crippen molar-refractivity contribution in [3.05, 3.63) is 59.2 Å². The number of phenolic OH excluding ortho intramolecular Hbond substituents is 1. The standard InChI is InChI=1S/C21H20O7/c1-25-17-11-13(6-7-15(17)22)20-19(21(24)27-3)14-10-12(4-8-16(14)28-20)5-9-18(23)26-2/h4-11,19-20,22H,1-3H3/b9-5+/t19-,20+/m1/s1. The number of esters is 2. The molecular formula is C21H20O7. The Morgan fingerprint density at radius 1 is 1.07 bits per heavy atom. The van der Waals surface area contributed by atoms with Crippen molar-refractivity contribution in [1.29, 1.82) is 0 Å². The van der Waals surface area contributed by atoms with Gasteiger partial charge in [-0.3, -0.25) is 4.79 Å². The maximum Gasteiger partial charge on any atom is 0.330 e. The van der Waals surface area contributed by atoms with Crippen LogP contribution in [-0.4, -0.2) is 38.4 Å². The molecule has 0 aliphatic carbocycles. The highest BCUT2D eigenvalue weighted by atomic mass is 16.5. The van der Waals surface area contributed by atoms with E-state index in [0.29, 0.717) is 22.4 Å². The van der Waals surface area contributed by atoms with E-state index in [2.05, 4.69) is 4.74 Å². The number of carbonyl (C=O) groups is 2. The number of aromatic hydroxyl groups is 1. The zero-order valence-corrected chi connectivity index (χ0v) is 15.7. The molecule has 2 aromatic rings. The lowest BCUT2D eigenvalue weighted by molar-refractivity contribution is -0.144. The van der Waals surface area contributed by atoms with E-state index in [1.807, 2.05) is 0 Å². The van der Waals surface area contributed by atoms with Gasteiger partial charge in [0.05, 0.1) is 21.3 Å². The van der Waals surface area contributed by atoms with E-state index in [1.165, 1.54) is 33.5 Å². The monoisotopic (exact) mass is 384 g/mol. The maximum absolute atomic E-state index is 12.5. The van der Waals surface area contributed by atoms with Gasteiger partial charge in [-0.2, -0.15) is 0 Å². The van der Waals surface area contributed by atoms with Crippen molar-refractivity contribution in [3.8, 4) is 17.2 Å². The lowest BCUT2D eigenvalue weighted by Gasteiger charge is -2.18. The van der Waals surface area contributed by atoms with Crippen LogP contribution < -0.4 is 9.47 Å². The number of benzene rings is 2. The molecule has 146 valence electrons. The van der Waals surface area contributed by atoms with Gasteiger partial charge in [0.15, 0.2) is 11.5 Å². The first-order valence-electron chi connectivity index (χ1n) is 8.49. The van der Waals surface area contributed by atoms with Gasteiger partial charge in [-0.05, 0) is 41.5 Å². The van der Waals surface area contributed by atoms with Crippen LogP contribution >= 0.6 is 0 Å². The summed E-state index contributed by atoms with van der Waals surface area (Å²) in [5, 5.41) is 9.83. The van der Waals surface area contributed by atoms with Gasteiger partial charge in [0, 0.05) is 11.6 Å². The minimum atomic E-state index is -0.708. The first kappa shape index (κ1) is 19.3. The Kier molecular flexibility index (Phi) is 5.54. The molecule has 28 heavy (non-hydrogen) atoms. The molecule has 1 heterocycles. The highest BCUT2D eigenvalue weighted by Gasteiger charge is 2.41. The van der Waals surface area contributed by atoms with Crippen molar-refractivity contribution in [3.63, 3.8) is 0 Å². The van der Waals surface area contributed by atoms with E-state index in [0.717, 1.165) is 0 Å². The fourth-order valence-corrected chi connectivity index (χ4v) is 3.13. The average Bonchev–Trinajstić information content (AvgIpc) is 3.10. The largest absolute Gasteiger partial charge is 0.504 e. The van der Waals surface area contributed by atoms with Gasteiger partial charge in [-0.15, -0.1) is 0 Å². The molecule has 0 radical (unpaired) electrons. The van der Waals surface area contributed by atoms with Crippen LogP contribution in [0, 0.1) is 0 Å². The van der Waals surface area contributed by atoms with E-state index >= 15 is 0 Å². The predicted octanol–water partition coefficient (Wildman–Crippen LogP) is 2.98. The molecule has 1 aliphatic rings. The van der Waals surface area contributed by atoms with Crippen molar-refractivity contribution in [2.24, 2.45) is 0 Å². The van der Waals surface area contributed by atoms with Crippen molar-refractivity contribution < 1.29 is 33.6 Å². The number of hydrogen-bond donors (Lipinski definition) is 1. The van der Waals surface area contributed by atoms with Gasteiger partial charge in [-0.25, -0.2) is 4.79 Å². The van der Waals surface area contributed by atoms with E-state index in [9.17, 15) is 14.7 Å². The number of ether oxygens (including phenoxy) is 4. The van der Waals surface area contributed by atoms with Crippen molar-refractivity contribution in [2.45, 2.75) is 12.0 Å². The van der Waals surface area contributed by atoms with Gasteiger partial charge < -0.3 is 24.1 Å². The summed E-state index contributed by atoms with van der Waals surface area (Å²) in [5.41, 5.74) is 2.02. The molecule has 1 aliphatic heterocycles. The molecular weight excluding hydrogens is 364 g/mol. The molecule has 7 nitrogen and oxygen atoms in total. The lowest BCUT2D eigenvalue weighted by atomic mass is 9.90. The third kappa shape index (κ3) is 3.64. The summed E-state index contributed by atoms with van der Waals surface area (Å²) in [4.78, 5) is 23.9. The fraction of sp³-hybridized carbons (Fsp3) is 0.238. The minimum absolute atomic E-state index is 0.00777. The zero-order valence-electron chi connectivity index (χ0n) is 15.7. The molecule has 2 aromatic carbocycles. The first-order chi connectivity index (χ1) is 13.5. The minimum Gasteiger partial charge on any atom is -0.504 e. The van der Waals surface area contributed by atoms with Crippen LogP contribution in [0.3, 0.4) is 0 Å². The molecule has 1 N–H and O–H groups in total. The van der Waals surface area contributed by atoms with Gasteiger partial charge >= 0.3 is 11.9 Å². The van der Waals surface area contributed by atoms with Crippen molar-refractivity contribution in [1.82, 2.24) is 0 Å². The van der Waals surface area contributed by atoms with Crippen LogP contribution in [0.1, 0.15) is 28.7 Å². The summed E-state index contributed by atoms with van der Waals surface area (Å²) < 4.78 is 20.7. The summed E-state index contributed by atoms with van der Waals surface area (Å²) in [7, 11) is 4.06. The van der Waals surface area contributed by atoms with Gasteiger partial charge in [0.2, 0.25) is 0 Å². The number of carbonyl (C=O) groups excluding carboxylic acids is 2. The Hall–Kier alpha value is -3.48. The smallest absolute Gasteiger partial charge is 0.330 e. The molecule has 0 saturated heterocycles. The zero-order chi connectivity index (χ0) is 20.3. The molecule has 0 saturated carbocycles. The molecule has 0 bridgehead atoms. The average molecular weight is 384 g/mol. The van der Waals surface area contributed by atoms with Crippen molar-refractivity contribution >= 4 is 18.0 Å². The van der Waals surface area contributed by atoms with E-state index in [1.54, 1.807) is 36.4 Å². The fourth-order valence-electron chi connectivity index (χ4n) is 3.13. The molecule has 0 amide bonds. The Morgan fingerprint density at radius 3 is 2.54 bits per heavy atom. The van der Waals surface area contributed by atoms with Gasteiger partial charge in [0.1, 0.15) is 17.8 Å². The molecule has 3 rings (SSSR count). The molecule has 0 fully saturated rings. The highest BCUT2D eigenvalue weighted by Crippen LogP contribution is 2.48. The van der Waals surface area contributed by atoms with Crippen LogP contribution in [0.4, 0.5) is 0 Å². The number of hydrogen-bond acceptors (Lipinski definition) is 7. The quantitative estimate of drug-likeness (QED) is 0.626. The van der Waals surface area contributed by atoms with E-state index in [4.69, 9.17) is 14.2 Å². The number of fused-ring (bicyclic) bond motifs is 1. The first-order valence-corrected chi connectivity index (χ1v) is 8.49. The van der Waals surface area contributed by atoms with Gasteiger partial charge in [-0.1, -0.05) is 12.1 Å². The topological polar surface area (TPSA) is 91.3 Å². The third-order valence-electron chi connectivity index (χ3n) is 4.53. The predicted molar refractivity (Wildman–Crippen MR) is 100 cm³/mol. The van der Waals surface area contributed by atoms with Crippen LogP contribution in [-0.2, 0) is 19.1 Å². The molecule has 0 unspecified atom stereocenters. The second kappa shape index (κ2) is 8.04. The SMILES string of the molecule is COC(=O)/C=C/c1ccc2c(c1)[C@@H](C(=O)OC)[C@H](c1ccc(O)c(OC)c1)O2. The summed E-state index contributed by atoms with van der Waals surface area (Å²) in [5.74, 6) is -0.822. The summed E-state index contributed by atoms with van der Waals surface area (Å²) >= 11 is 0. The Labute approximate surface area is 162 Å². The Balaban J connectivity index is 2.01. The number of phenols is 1. The van der Waals surface area contributed by atoms with Crippen molar-refractivity contribution in [2.75, 3.05) is 21.3 Å². The molecule has 2 atom stereocenters. The van der Waals surface area contributed by atoms with Crippen LogP contribution in [0.15, 0.2) is 42.5 Å². The normalized spacial score (nSPS) is 17.7. The van der Waals surface area contributed by atoms with Crippen LogP contribution in [0.5, 0.6) is 17.2 Å². The van der Waals surface area contributed by atoms with E-state index < -0.39 is 24.0 Å². The number of methoxy groups -OCH3 is 3. The maximum atomic E-state index is 12.5. The second-order valence-electron chi connectivity index (χ2n) is 6.12. The molecule has 7 heteroatoms. The lowest BCUT2D eigenvalue weighted by Crippen LogP contribution is -2.20. The highest BCUT2D eigenvalue weighted by molar-refractivity contribution is 5.87. The Morgan fingerprint density at radius 2 is 1.86 bits per heavy atom. The van der Waals surface area contributed by atoms with E-state index in [-0.39, 0.29) is 11.5 Å². The van der Waals surface area contributed by atoms with Crippen LogP contribution in [0.25, 0.3) is 6.08 Å². The van der Waals surface area contributed by atoms with Gasteiger partial charge in [0.25, 0.3) is 0 Å². The number of rotatable bonds is 5. The Bertz CT molecular complexity index is 932. The third-order valence-corrected chi connectivity index (χ3v) is 4.53. The van der Waals surface area contributed by atoms with Crippen LogP contribution in [0.2, 0.25) is 0 Å². The second-order valence-corrected chi connectivity index (χ2v) is 6.12. The molecule has 0 aromatic heterocycles. The summed E-state index contributed by atoms with van der Waals surface area (Å²) in [6.07, 6.45) is 2.25.